The maximum Gasteiger partial charge on any atom is 0.222 e. The number of likely N-dealkylation sites (tertiary alicyclic amines) is 1. The molecule has 1 aliphatic rings. The summed E-state index contributed by atoms with van der Waals surface area (Å²) in [6, 6.07) is 9.88. The average molecular weight is 501 g/mol. The summed E-state index contributed by atoms with van der Waals surface area (Å²) in [5, 5.41) is 8.89. The van der Waals surface area contributed by atoms with Crippen molar-refractivity contribution in [1.29, 1.82) is 0 Å². The molecule has 2 amide bonds. The number of nitrogens with one attached hydrogen (secondary N) is 3. The normalized spacial score (nSPS) is 14.8. The van der Waals surface area contributed by atoms with E-state index in [1.165, 1.54) is 0 Å². The summed E-state index contributed by atoms with van der Waals surface area (Å²) in [4.78, 5) is 30.0. The minimum absolute atomic E-state index is 0. The van der Waals surface area contributed by atoms with Crippen molar-refractivity contribution in [3.05, 3.63) is 35.9 Å². The third kappa shape index (κ3) is 8.45. The quantitative estimate of drug-likeness (QED) is 0.302. The first-order valence-electron chi connectivity index (χ1n) is 9.59. The van der Waals surface area contributed by atoms with Crippen molar-refractivity contribution in [2.24, 2.45) is 10.9 Å². The summed E-state index contributed by atoms with van der Waals surface area (Å²) in [5.74, 6) is 1.39. The topological polar surface area (TPSA) is 85.8 Å². The van der Waals surface area contributed by atoms with Crippen LogP contribution in [0.4, 0.5) is 0 Å². The number of amides is 2. The number of guanidine groups is 1. The monoisotopic (exact) mass is 501 g/mol. The molecule has 0 spiro atoms. The van der Waals surface area contributed by atoms with Gasteiger partial charge in [0.15, 0.2) is 5.96 Å². The molecule has 0 saturated carbocycles. The van der Waals surface area contributed by atoms with Crippen molar-refractivity contribution in [1.82, 2.24) is 20.9 Å². The van der Waals surface area contributed by atoms with Crippen LogP contribution in [-0.4, -0.2) is 56.4 Å². The standard InChI is InChI=1S/C20H31N5O2.HI/c1-21-19(27)14-16-9-12-25(13-10-16)20(22-2)23-11-8-18(26)24-15-17-6-4-3-5-7-17;/h3-7,16H,8-15H2,1-2H3,(H,21,27)(H,22,23)(H,24,26);1H. The largest absolute Gasteiger partial charge is 0.359 e. The van der Waals surface area contributed by atoms with Gasteiger partial charge in [-0.15, -0.1) is 24.0 Å². The third-order valence-electron chi connectivity index (χ3n) is 4.85. The highest BCUT2D eigenvalue weighted by Gasteiger charge is 2.23. The number of carbonyl (C=O) groups is 2. The Hall–Kier alpha value is -1.84. The zero-order chi connectivity index (χ0) is 19.5. The molecule has 0 aliphatic carbocycles. The van der Waals surface area contributed by atoms with Crippen molar-refractivity contribution in [3.63, 3.8) is 0 Å². The molecule has 7 nitrogen and oxygen atoms in total. The Balaban J connectivity index is 0.00000392. The van der Waals surface area contributed by atoms with Crippen LogP contribution in [0.2, 0.25) is 0 Å². The van der Waals surface area contributed by atoms with E-state index < -0.39 is 0 Å². The fourth-order valence-electron chi connectivity index (χ4n) is 3.22. The first-order valence-corrected chi connectivity index (χ1v) is 9.59. The first-order chi connectivity index (χ1) is 13.1. The molecule has 0 atom stereocenters. The Morgan fingerprint density at radius 1 is 1.11 bits per heavy atom. The predicted octanol–water partition coefficient (Wildman–Crippen LogP) is 1.73. The minimum atomic E-state index is 0. The summed E-state index contributed by atoms with van der Waals surface area (Å²) < 4.78 is 0. The molecule has 1 saturated heterocycles. The SMILES string of the molecule is CN=C(NCCC(=O)NCc1ccccc1)N1CCC(CC(=O)NC)CC1.I. The van der Waals surface area contributed by atoms with Gasteiger partial charge in [0, 0.05) is 53.1 Å². The van der Waals surface area contributed by atoms with Crippen LogP contribution in [0.15, 0.2) is 35.3 Å². The second kappa shape index (κ2) is 13.4. The van der Waals surface area contributed by atoms with Crippen molar-refractivity contribution in [2.75, 3.05) is 33.7 Å². The van der Waals surface area contributed by atoms with Crippen LogP contribution in [0.1, 0.15) is 31.2 Å². The van der Waals surface area contributed by atoms with Crippen molar-refractivity contribution >= 4 is 41.8 Å². The number of piperidine rings is 1. The fraction of sp³-hybridized carbons (Fsp3) is 0.550. The zero-order valence-corrected chi connectivity index (χ0v) is 19.1. The van der Waals surface area contributed by atoms with E-state index in [1.807, 2.05) is 30.3 Å². The third-order valence-corrected chi connectivity index (χ3v) is 4.85. The molecule has 0 bridgehead atoms. The molecule has 28 heavy (non-hydrogen) atoms. The molecule has 1 aliphatic heterocycles. The molecule has 2 rings (SSSR count). The number of benzene rings is 1. The lowest BCUT2D eigenvalue weighted by Crippen LogP contribution is -2.46. The molecule has 1 heterocycles. The zero-order valence-electron chi connectivity index (χ0n) is 16.7. The lowest BCUT2D eigenvalue weighted by molar-refractivity contribution is -0.122. The van der Waals surface area contributed by atoms with E-state index in [1.54, 1.807) is 14.1 Å². The molecule has 0 radical (unpaired) electrons. The van der Waals surface area contributed by atoms with Crippen LogP contribution in [0.25, 0.3) is 0 Å². The molecule has 1 aromatic rings. The van der Waals surface area contributed by atoms with Crippen LogP contribution >= 0.6 is 24.0 Å². The highest BCUT2D eigenvalue weighted by Crippen LogP contribution is 2.20. The molecule has 3 N–H and O–H groups in total. The number of halogens is 1. The average Bonchev–Trinajstić information content (AvgIpc) is 2.71. The Morgan fingerprint density at radius 3 is 2.39 bits per heavy atom. The van der Waals surface area contributed by atoms with Crippen LogP contribution in [0.5, 0.6) is 0 Å². The number of nitrogens with zero attached hydrogens (tertiary/aromatic N) is 2. The van der Waals surface area contributed by atoms with E-state index >= 15 is 0 Å². The summed E-state index contributed by atoms with van der Waals surface area (Å²) in [6.45, 7) is 2.85. The summed E-state index contributed by atoms with van der Waals surface area (Å²) in [6.07, 6.45) is 2.95. The Morgan fingerprint density at radius 2 is 1.79 bits per heavy atom. The molecule has 0 aromatic heterocycles. The Kier molecular flexibility index (Phi) is 11.5. The van der Waals surface area contributed by atoms with Gasteiger partial charge in [0.1, 0.15) is 0 Å². The van der Waals surface area contributed by atoms with Gasteiger partial charge in [-0.05, 0) is 24.3 Å². The van der Waals surface area contributed by atoms with E-state index in [9.17, 15) is 9.59 Å². The van der Waals surface area contributed by atoms with E-state index in [-0.39, 0.29) is 35.8 Å². The van der Waals surface area contributed by atoms with E-state index in [2.05, 4.69) is 25.8 Å². The number of rotatable bonds is 7. The minimum Gasteiger partial charge on any atom is -0.359 e. The van der Waals surface area contributed by atoms with Crippen molar-refractivity contribution in [2.45, 2.75) is 32.2 Å². The molecule has 8 heteroatoms. The Bertz CT molecular complexity index is 631. The van der Waals surface area contributed by atoms with Crippen LogP contribution in [-0.2, 0) is 16.1 Å². The molecule has 1 fully saturated rings. The molecule has 0 unspecified atom stereocenters. The smallest absolute Gasteiger partial charge is 0.222 e. The fourth-order valence-corrected chi connectivity index (χ4v) is 3.22. The van der Waals surface area contributed by atoms with E-state index in [4.69, 9.17) is 0 Å². The van der Waals surface area contributed by atoms with Gasteiger partial charge < -0.3 is 20.9 Å². The number of hydrogen-bond donors (Lipinski definition) is 3. The maximum absolute atomic E-state index is 12.0. The number of carbonyl (C=O) groups excluding carboxylic acids is 2. The number of hydrogen-bond acceptors (Lipinski definition) is 3. The van der Waals surface area contributed by atoms with E-state index in [0.29, 0.717) is 31.8 Å². The van der Waals surface area contributed by atoms with Gasteiger partial charge in [0.25, 0.3) is 0 Å². The van der Waals surface area contributed by atoms with Crippen LogP contribution in [0.3, 0.4) is 0 Å². The molecular weight excluding hydrogens is 469 g/mol. The van der Waals surface area contributed by atoms with Gasteiger partial charge >= 0.3 is 0 Å². The van der Waals surface area contributed by atoms with Crippen molar-refractivity contribution < 1.29 is 9.59 Å². The maximum atomic E-state index is 12.0. The highest BCUT2D eigenvalue weighted by atomic mass is 127. The van der Waals surface area contributed by atoms with Gasteiger partial charge in [-0.25, -0.2) is 0 Å². The molecule has 1 aromatic carbocycles. The predicted molar refractivity (Wildman–Crippen MR) is 123 cm³/mol. The summed E-state index contributed by atoms with van der Waals surface area (Å²) in [7, 11) is 3.44. The summed E-state index contributed by atoms with van der Waals surface area (Å²) >= 11 is 0. The highest BCUT2D eigenvalue weighted by molar-refractivity contribution is 14.0. The van der Waals surface area contributed by atoms with E-state index in [0.717, 1.165) is 37.5 Å². The number of aliphatic imine (C=N–C) groups is 1. The molecule has 156 valence electrons. The van der Waals surface area contributed by atoms with Gasteiger partial charge in [-0.1, -0.05) is 30.3 Å². The van der Waals surface area contributed by atoms with Gasteiger partial charge in [0.05, 0.1) is 0 Å². The second-order valence-electron chi connectivity index (χ2n) is 6.79. The van der Waals surface area contributed by atoms with Gasteiger partial charge in [-0.3, -0.25) is 14.6 Å². The van der Waals surface area contributed by atoms with Crippen LogP contribution in [0, 0.1) is 5.92 Å². The second-order valence-corrected chi connectivity index (χ2v) is 6.79. The van der Waals surface area contributed by atoms with Crippen molar-refractivity contribution in [3.8, 4) is 0 Å². The van der Waals surface area contributed by atoms with Gasteiger partial charge in [0.2, 0.25) is 11.8 Å². The Labute approximate surface area is 184 Å². The van der Waals surface area contributed by atoms with Gasteiger partial charge in [-0.2, -0.15) is 0 Å². The first kappa shape index (κ1) is 24.2. The lowest BCUT2D eigenvalue weighted by atomic mass is 9.93. The summed E-state index contributed by atoms with van der Waals surface area (Å²) in [5.41, 5.74) is 1.09. The molecular formula is C20H32IN5O2. The lowest BCUT2D eigenvalue weighted by Gasteiger charge is -2.34. The van der Waals surface area contributed by atoms with Crippen LogP contribution < -0.4 is 16.0 Å².